The molecular formula is C22H26N4O3. The lowest BCUT2D eigenvalue weighted by molar-refractivity contribution is -0.117. The first-order chi connectivity index (χ1) is 14.2. The van der Waals surface area contributed by atoms with E-state index in [-0.39, 0.29) is 12.7 Å². The number of aliphatic imine (C=N–C) groups is 1. The van der Waals surface area contributed by atoms with E-state index in [0.29, 0.717) is 19.5 Å². The van der Waals surface area contributed by atoms with Gasteiger partial charge in [0.1, 0.15) is 0 Å². The van der Waals surface area contributed by atoms with Crippen molar-refractivity contribution in [3.8, 4) is 11.5 Å². The highest BCUT2D eigenvalue weighted by molar-refractivity contribution is 5.95. The Morgan fingerprint density at radius 3 is 2.62 bits per heavy atom. The van der Waals surface area contributed by atoms with Crippen molar-refractivity contribution in [2.45, 2.75) is 32.9 Å². The fourth-order valence-electron chi connectivity index (χ4n) is 3.45. The van der Waals surface area contributed by atoms with Gasteiger partial charge in [0.05, 0.1) is 6.54 Å². The second-order valence-corrected chi connectivity index (χ2v) is 7.05. The highest BCUT2D eigenvalue weighted by Gasteiger charge is 2.21. The Balaban J connectivity index is 1.35. The maximum atomic E-state index is 11.9. The number of carbonyl (C=O) groups is 1. The standard InChI is InChI=1S/C22H26N4O3/c1-2-23-22(25-14-17-7-10-19-20(12-17)29-15-28-19)24-13-16-5-8-18(9-6-16)26-11-3-4-21(26)27/h5-10,12H,2-4,11,13-15H2,1H3,(H2,23,24,25). The fraction of sp³-hybridized carbons (Fsp3) is 0.364. The van der Waals surface area contributed by atoms with Crippen LogP contribution < -0.4 is 25.0 Å². The van der Waals surface area contributed by atoms with Crippen LogP contribution in [0.3, 0.4) is 0 Å². The summed E-state index contributed by atoms with van der Waals surface area (Å²) in [6.45, 7) is 5.11. The van der Waals surface area contributed by atoms with E-state index >= 15 is 0 Å². The van der Waals surface area contributed by atoms with Crippen LogP contribution in [0.1, 0.15) is 30.9 Å². The highest BCUT2D eigenvalue weighted by atomic mass is 16.7. The maximum Gasteiger partial charge on any atom is 0.231 e. The fourth-order valence-corrected chi connectivity index (χ4v) is 3.45. The van der Waals surface area contributed by atoms with Crippen molar-refractivity contribution < 1.29 is 14.3 Å². The zero-order valence-electron chi connectivity index (χ0n) is 16.6. The molecule has 2 aromatic rings. The monoisotopic (exact) mass is 394 g/mol. The number of hydrogen-bond acceptors (Lipinski definition) is 4. The molecule has 0 aliphatic carbocycles. The van der Waals surface area contributed by atoms with Crippen LogP contribution >= 0.6 is 0 Å². The number of rotatable bonds is 6. The molecule has 2 N–H and O–H groups in total. The van der Waals surface area contributed by atoms with Crippen molar-refractivity contribution in [3.63, 3.8) is 0 Å². The summed E-state index contributed by atoms with van der Waals surface area (Å²) in [5.74, 6) is 2.51. The predicted molar refractivity (Wildman–Crippen MR) is 112 cm³/mol. The van der Waals surface area contributed by atoms with Gasteiger partial charge in [-0.3, -0.25) is 4.79 Å². The molecule has 0 radical (unpaired) electrons. The molecule has 2 aliphatic rings. The van der Waals surface area contributed by atoms with Crippen molar-refractivity contribution in [2.75, 3.05) is 24.8 Å². The molecule has 152 valence electrons. The van der Waals surface area contributed by atoms with Crippen LogP contribution in [0.5, 0.6) is 11.5 Å². The third-order valence-corrected chi connectivity index (χ3v) is 4.98. The number of carbonyl (C=O) groups excluding carboxylic acids is 1. The second-order valence-electron chi connectivity index (χ2n) is 7.05. The molecule has 0 saturated carbocycles. The largest absolute Gasteiger partial charge is 0.454 e. The summed E-state index contributed by atoms with van der Waals surface area (Å²) in [7, 11) is 0. The SMILES string of the molecule is CCNC(=NCc1ccc2c(c1)OCO2)NCc1ccc(N2CCCC2=O)cc1. The van der Waals surface area contributed by atoms with Crippen molar-refractivity contribution in [1.29, 1.82) is 0 Å². The minimum atomic E-state index is 0.209. The number of amides is 1. The van der Waals surface area contributed by atoms with Crippen molar-refractivity contribution in [2.24, 2.45) is 4.99 Å². The molecule has 0 aromatic heterocycles. The zero-order chi connectivity index (χ0) is 20.1. The normalized spacial score (nSPS) is 15.7. The van der Waals surface area contributed by atoms with Gasteiger partial charge in [-0.2, -0.15) is 0 Å². The lowest BCUT2D eigenvalue weighted by Gasteiger charge is -2.16. The van der Waals surface area contributed by atoms with Crippen LogP contribution in [-0.2, 0) is 17.9 Å². The van der Waals surface area contributed by atoms with Gasteiger partial charge >= 0.3 is 0 Å². The van der Waals surface area contributed by atoms with Gasteiger partial charge < -0.3 is 25.0 Å². The first kappa shape index (κ1) is 19.1. The average molecular weight is 394 g/mol. The molecule has 7 heteroatoms. The Labute approximate surface area is 170 Å². The number of hydrogen-bond donors (Lipinski definition) is 2. The topological polar surface area (TPSA) is 75.2 Å². The summed E-state index contributed by atoms with van der Waals surface area (Å²) in [5.41, 5.74) is 3.17. The Bertz CT molecular complexity index is 895. The van der Waals surface area contributed by atoms with Crippen LogP contribution in [0.15, 0.2) is 47.5 Å². The van der Waals surface area contributed by atoms with E-state index in [1.807, 2.05) is 42.2 Å². The van der Waals surface area contributed by atoms with Gasteiger partial charge in [-0.15, -0.1) is 0 Å². The molecule has 1 fully saturated rings. The predicted octanol–water partition coefficient (Wildman–Crippen LogP) is 2.80. The van der Waals surface area contributed by atoms with Crippen LogP contribution in [0.2, 0.25) is 0 Å². The Hall–Kier alpha value is -3.22. The molecule has 7 nitrogen and oxygen atoms in total. The number of guanidine groups is 1. The van der Waals surface area contributed by atoms with Gasteiger partial charge in [0, 0.05) is 31.7 Å². The van der Waals surface area contributed by atoms with Gasteiger partial charge in [-0.1, -0.05) is 18.2 Å². The van der Waals surface area contributed by atoms with Crippen LogP contribution in [0.25, 0.3) is 0 Å². The molecule has 2 aliphatic heterocycles. The van der Waals surface area contributed by atoms with E-state index in [9.17, 15) is 4.79 Å². The number of anilines is 1. The zero-order valence-corrected chi connectivity index (χ0v) is 16.6. The molecule has 2 heterocycles. The van der Waals surface area contributed by atoms with Gasteiger partial charge in [0.25, 0.3) is 0 Å². The van der Waals surface area contributed by atoms with E-state index in [1.54, 1.807) is 0 Å². The minimum Gasteiger partial charge on any atom is -0.454 e. The first-order valence-corrected chi connectivity index (χ1v) is 10.0. The van der Waals surface area contributed by atoms with Crippen molar-refractivity contribution >= 4 is 17.6 Å². The third-order valence-electron chi connectivity index (χ3n) is 4.98. The molecule has 2 aromatic carbocycles. The Kier molecular flexibility index (Phi) is 5.84. The van der Waals surface area contributed by atoms with Crippen LogP contribution in [0.4, 0.5) is 5.69 Å². The molecule has 0 spiro atoms. The lowest BCUT2D eigenvalue weighted by Crippen LogP contribution is -2.36. The summed E-state index contributed by atoms with van der Waals surface area (Å²) in [6.07, 6.45) is 1.59. The molecule has 1 saturated heterocycles. The van der Waals surface area contributed by atoms with Crippen molar-refractivity contribution in [1.82, 2.24) is 10.6 Å². The summed E-state index contributed by atoms with van der Waals surface area (Å²) < 4.78 is 10.8. The third kappa shape index (κ3) is 4.62. The van der Waals surface area contributed by atoms with Gasteiger partial charge in [-0.05, 0) is 48.7 Å². The average Bonchev–Trinajstić information content (AvgIpc) is 3.39. The van der Waals surface area contributed by atoms with Gasteiger partial charge in [-0.25, -0.2) is 4.99 Å². The minimum absolute atomic E-state index is 0.209. The lowest BCUT2D eigenvalue weighted by atomic mass is 10.2. The molecule has 1 amide bonds. The second kappa shape index (κ2) is 8.86. The van der Waals surface area contributed by atoms with E-state index in [2.05, 4.69) is 27.8 Å². The molecule has 0 unspecified atom stereocenters. The van der Waals surface area contributed by atoms with E-state index in [4.69, 9.17) is 9.47 Å². The summed E-state index contributed by atoms with van der Waals surface area (Å²) >= 11 is 0. The summed E-state index contributed by atoms with van der Waals surface area (Å²) in [6, 6.07) is 14.0. The highest BCUT2D eigenvalue weighted by Crippen LogP contribution is 2.32. The number of fused-ring (bicyclic) bond motifs is 1. The summed E-state index contributed by atoms with van der Waals surface area (Å²) in [5, 5.41) is 6.63. The Morgan fingerprint density at radius 1 is 1.07 bits per heavy atom. The molecule has 29 heavy (non-hydrogen) atoms. The number of nitrogens with one attached hydrogen (secondary N) is 2. The summed E-state index contributed by atoms with van der Waals surface area (Å²) in [4.78, 5) is 18.4. The maximum absolute atomic E-state index is 11.9. The van der Waals surface area contributed by atoms with Crippen LogP contribution in [-0.4, -0.2) is 31.7 Å². The van der Waals surface area contributed by atoms with E-state index in [1.165, 1.54) is 0 Å². The number of nitrogens with zero attached hydrogens (tertiary/aromatic N) is 2. The Morgan fingerprint density at radius 2 is 1.86 bits per heavy atom. The number of ether oxygens (including phenoxy) is 2. The smallest absolute Gasteiger partial charge is 0.231 e. The van der Waals surface area contributed by atoms with Crippen LogP contribution in [0, 0.1) is 0 Å². The quantitative estimate of drug-likeness (QED) is 0.582. The molecule has 0 bridgehead atoms. The molecule has 4 rings (SSSR count). The van der Waals surface area contributed by atoms with E-state index < -0.39 is 0 Å². The van der Waals surface area contributed by atoms with E-state index in [0.717, 1.165) is 53.8 Å². The first-order valence-electron chi connectivity index (χ1n) is 10.0. The van der Waals surface area contributed by atoms with Gasteiger partial charge in [0.15, 0.2) is 17.5 Å². The molecule has 0 atom stereocenters. The van der Waals surface area contributed by atoms with Gasteiger partial charge in [0.2, 0.25) is 12.7 Å². The van der Waals surface area contributed by atoms with Crippen molar-refractivity contribution in [3.05, 3.63) is 53.6 Å². The molecular weight excluding hydrogens is 368 g/mol. The number of benzene rings is 2.